The maximum Gasteiger partial charge on any atom is 0.335 e. The molecule has 10 heteroatoms. The fourth-order valence-electron chi connectivity index (χ4n) is 5.79. The minimum absolute atomic E-state index is 0.214. The molecular formula is C23H38N2O6Si2. The summed E-state index contributed by atoms with van der Waals surface area (Å²) in [4.78, 5) is 27.0. The number of H-pyrrole nitrogens is 1. The summed E-state index contributed by atoms with van der Waals surface area (Å²) in [5.41, 5.74) is -0.418. The van der Waals surface area contributed by atoms with Crippen LogP contribution < -0.4 is 11.2 Å². The van der Waals surface area contributed by atoms with E-state index in [0.29, 0.717) is 18.7 Å². The molecule has 8 nitrogen and oxygen atoms in total. The van der Waals surface area contributed by atoms with Gasteiger partial charge in [0.1, 0.15) is 6.10 Å². The number of aromatic amines is 1. The van der Waals surface area contributed by atoms with Gasteiger partial charge >= 0.3 is 22.8 Å². The largest absolute Gasteiger partial charge is 0.414 e. The van der Waals surface area contributed by atoms with E-state index in [0.717, 1.165) is 0 Å². The summed E-state index contributed by atoms with van der Waals surface area (Å²) in [6.07, 6.45) is 3.50. The summed E-state index contributed by atoms with van der Waals surface area (Å²) in [5, 5.41) is 0. The highest BCUT2D eigenvalue weighted by Crippen LogP contribution is 2.50. The van der Waals surface area contributed by atoms with E-state index in [-0.39, 0.29) is 34.4 Å². The molecule has 0 aromatic carbocycles. The van der Waals surface area contributed by atoms with Crippen LogP contribution >= 0.6 is 0 Å². The van der Waals surface area contributed by atoms with Crippen LogP contribution in [0.1, 0.15) is 67.5 Å². The van der Waals surface area contributed by atoms with Crippen LogP contribution in [0.4, 0.5) is 0 Å². The topological polar surface area (TPSA) is 91.8 Å². The summed E-state index contributed by atoms with van der Waals surface area (Å²) < 4.78 is 29.2. The van der Waals surface area contributed by atoms with Gasteiger partial charge in [0.25, 0.3) is 5.56 Å². The molecule has 1 aromatic heterocycles. The molecule has 2 fully saturated rings. The summed E-state index contributed by atoms with van der Waals surface area (Å²) in [5.74, 6) is 0. The van der Waals surface area contributed by atoms with Crippen molar-refractivity contribution in [2.45, 2.75) is 102 Å². The number of aromatic nitrogens is 2. The molecule has 1 N–H and O–H groups in total. The van der Waals surface area contributed by atoms with E-state index in [1.54, 1.807) is 6.08 Å². The zero-order chi connectivity index (χ0) is 24.3. The molecule has 4 heterocycles. The second-order valence-electron chi connectivity index (χ2n) is 10.9. The van der Waals surface area contributed by atoms with Crippen molar-refractivity contribution in [3.05, 3.63) is 38.7 Å². The van der Waals surface area contributed by atoms with Crippen molar-refractivity contribution in [3.63, 3.8) is 0 Å². The van der Waals surface area contributed by atoms with Crippen molar-refractivity contribution in [3.8, 4) is 0 Å². The SMILES string of the molecule is CC(C)[Si]1(C(C)C)OC[C@H]2O[C@]3(C=Cc4cc(=O)[nH]c(=O)n43)C[C@H]2O[Si](C(C)C)(C(C)C)O1. The molecule has 0 saturated carbocycles. The van der Waals surface area contributed by atoms with Gasteiger partial charge < -0.3 is 17.7 Å². The van der Waals surface area contributed by atoms with E-state index >= 15 is 0 Å². The summed E-state index contributed by atoms with van der Waals surface area (Å²) in [7, 11) is -5.42. The number of nitrogens with zero attached hydrogens (tertiary/aromatic N) is 1. The molecule has 33 heavy (non-hydrogen) atoms. The molecule has 0 aliphatic carbocycles. The highest BCUT2D eigenvalue weighted by Gasteiger charge is 2.62. The van der Waals surface area contributed by atoms with Crippen molar-refractivity contribution >= 4 is 23.2 Å². The van der Waals surface area contributed by atoms with Crippen LogP contribution in [0.5, 0.6) is 0 Å². The second-order valence-corrected chi connectivity index (χ2v) is 19.7. The van der Waals surface area contributed by atoms with Crippen molar-refractivity contribution in [2.75, 3.05) is 6.61 Å². The molecule has 0 unspecified atom stereocenters. The van der Waals surface area contributed by atoms with Gasteiger partial charge in [-0.1, -0.05) is 55.4 Å². The normalized spacial score (nSPS) is 30.3. The third-order valence-corrected chi connectivity index (χ3v) is 17.8. The van der Waals surface area contributed by atoms with Gasteiger partial charge in [0, 0.05) is 12.5 Å². The Bertz CT molecular complexity index is 1030. The molecule has 0 radical (unpaired) electrons. The van der Waals surface area contributed by atoms with Crippen molar-refractivity contribution < 1.29 is 17.7 Å². The van der Waals surface area contributed by atoms with Gasteiger partial charge in [-0.3, -0.25) is 14.3 Å². The van der Waals surface area contributed by atoms with Gasteiger partial charge in [-0.05, 0) is 34.3 Å². The Morgan fingerprint density at radius 2 is 1.58 bits per heavy atom. The zero-order valence-corrected chi connectivity index (χ0v) is 23.0. The molecule has 0 amide bonds. The lowest BCUT2D eigenvalue weighted by Crippen LogP contribution is -2.65. The number of hydrogen-bond donors (Lipinski definition) is 1. The van der Waals surface area contributed by atoms with Gasteiger partial charge in [-0.25, -0.2) is 4.79 Å². The van der Waals surface area contributed by atoms with E-state index in [1.165, 1.54) is 10.6 Å². The summed E-state index contributed by atoms with van der Waals surface area (Å²) in [6.45, 7) is 17.9. The molecule has 1 aromatic rings. The Balaban J connectivity index is 1.80. The molecule has 184 valence electrons. The molecule has 4 rings (SSSR count). The van der Waals surface area contributed by atoms with E-state index < -0.39 is 34.1 Å². The number of fused-ring (bicyclic) bond motifs is 3. The quantitative estimate of drug-likeness (QED) is 0.637. The maximum absolute atomic E-state index is 12.8. The molecule has 2 saturated heterocycles. The fourth-order valence-corrected chi connectivity index (χ4v) is 17.0. The molecule has 1 spiro atoms. The van der Waals surface area contributed by atoms with Crippen LogP contribution in [0, 0.1) is 0 Å². The summed E-state index contributed by atoms with van der Waals surface area (Å²) >= 11 is 0. The lowest BCUT2D eigenvalue weighted by atomic mass is 10.1. The minimum atomic E-state index is -2.76. The first-order valence-corrected chi connectivity index (χ1v) is 16.1. The average Bonchev–Trinajstić information content (AvgIpc) is 3.21. The van der Waals surface area contributed by atoms with Crippen LogP contribution in [-0.2, 0) is 23.4 Å². The Morgan fingerprint density at radius 3 is 2.15 bits per heavy atom. The number of hydrogen-bond acceptors (Lipinski definition) is 6. The van der Waals surface area contributed by atoms with E-state index in [1.807, 2.05) is 6.08 Å². The third kappa shape index (κ3) is 3.79. The third-order valence-electron chi connectivity index (χ3n) is 7.47. The van der Waals surface area contributed by atoms with Crippen molar-refractivity contribution in [1.82, 2.24) is 9.55 Å². The summed E-state index contributed by atoms with van der Waals surface area (Å²) in [6, 6.07) is 1.42. The Labute approximate surface area is 197 Å². The van der Waals surface area contributed by atoms with Crippen LogP contribution in [0.3, 0.4) is 0 Å². The minimum Gasteiger partial charge on any atom is -0.414 e. The Morgan fingerprint density at radius 1 is 0.970 bits per heavy atom. The smallest absolute Gasteiger partial charge is 0.335 e. The first-order valence-electron chi connectivity index (χ1n) is 12.1. The van der Waals surface area contributed by atoms with Gasteiger partial charge in [-0.15, -0.1) is 0 Å². The lowest BCUT2D eigenvalue weighted by molar-refractivity contribution is -0.0918. The molecule has 3 atom stereocenters. The second kappa shape index (κ2) is 8.42. The predicted octanol–water partition coefficient (Wildman–Crippen LogP) is 3.96. The van der Waals surface area contributed by atoms with E-state index in [4.69, 9.17) is 17.7 Å². The molecule has 0 bridgehead atoms. The highest BCUT2D eigenvalue weighted by molar-refractivity contribution is 6.83. The first-order chi connectivity index (χ1) is 15.4. The van der Waals surface area contributed by atoms with Crippen LogP contribution in [-0.4, -0.2) is 45.5 Å². The maximum atomic E-state index is 12.8. The number of ether oxygens (including phenoxy) is 1. The van der Waals surface area contributed by atoms with Crippen molar-refractivity contribution in [1.29, 1.82) is 0 Å². The highest BCUT2D eigenvalue weighted by atomic mass is 28.5. The van der Waals surface area contributed by atoms with Crippen LogP contribution in [0.2, 0.25) is 22.2 Å². The molecule has 3 aliphatic heterocycles. The van der Waals surface area contributed by atoms with E-state index in [2.05, 4.69) is 60.4 Å². The van der Waals surface area contributed by atoms with Gasteiger partial charge in [-0.2, -0.15) is 0 Å². The monoisotopic (exact) mass is 494 g/mol. The standard InChI is InChI=1S/C23H38N2O6Si2/c1-14(2)32(15(3)4)28-13-20-19(30-33(31-32,16(5)6)17(7)8)12-23(29-20)10-9-18-11-21(26)24-22(27)25(18)23/h9-11,14-17,19-20H,12-13H2,1-8H3,(H,24,26,27)/t19-,20-,23-/m1/s1. The number of rotatable bonds is 4. The predicted molar refractivity (Wildman–Crippen MR) is 132 cm³/mol. The van der Waals surface area contributed by atoms with Crippen LogP contribution in [0.25, 0.3) is 6.08 Å². The molecular weight excluding hydrogens is 456 g/mol. The average molecular weight is 495 g/mol. The Hall–Kier alpha value is -1.31. The lowest BCUT2D eigenvalue weighted by Gasteiger charge is -2.51. The number of nitrogens with one attached hydrogen (secondary N) is 1. The van der Waals surface area contributed by atoms with Gasteiger partial charge in [0.05, 0.1) is 18.4 Å². The van der Waals surface area contributed by atoms with Gasteiger partial charge in [0.15, 0.2) is 5.72 Å². The van der Waals surface area contributed by atoms with Crippen LogP contribution in [0.15, 0.2) is 21.7 Å². The fraction of sp³-hybridized carbons (Fsp3) is 0.739. The Kier molecular flexibility index (Phi) is 6.33. The first kappa shape index (κ1) is 24.8. The molecule has 3 aliphatic rings. The zero-order valence-electron chi connectivity index (χ0n) is 21.0. The van der Waals surface area contributed by atoms with E-state index in [9.17, 15) is 9.59 Å². The van der Waals surface area contributed by atoms with Crippen molar-refractivity contribution in [2.24, 2.45) is 0 Å². The van der Waals surface area contributed by atoms with Gasteiger partial charge in [0.2, 0.25) is 0 Å².